The van der Waals surface area contributed by atoms with Crippen LogP contribution in [0.3, 0.4) is 0 Å². The van der Waals surface area contributed by atoms with Gasteiger partial charge in [-0.25, -0.2) is 8.42 Å². The Labute approximate surface area is 156 Å². The molecule has 0 unspecified atom stereocenters. The van der Waals surface area contributed by atoms with Crippen LogP contribution in [0.1, 0.15) is 22.3 Å². The fourth-order valence-corrected chi connectivity index (χ4v) is 3.46. The Morgan fingerprint density at radius 3 is 2.31 bits per heavy atom. The zero-order valence-electron chi connectivity index (χ0n) is 15.5. The third-order valence-electron chi connectivity index (χ3n) is 4.08. The van der Waals surface area contributed by atoms with Gasteiger partial charge in [-0.15, -0.1) is 0 Å². The molecule has 2 aromatic rings. The largest absolute Gasteiger partial charge is 0.354 e. The molecule has 0 radical (unpaired) electrons. The molecule has 0 aromatic heterocycles. The lowest BCUT2D eigenvalue weighted by Crippen LogP contribution is -2.38. The number of nitrogens with one attached hydrogen (secondary N) is 1. The van der Waals surface area contributed by atoms with Crippen molar-refractivity contribution in [2.75, 3.05) is 19.3 Å². The number of nitrogens with zero attached hydrogens (tertiary/aromatic N) is 1. The summed E-state index contributed by atoms with van der Waals surface area (Å²) < 4.78 is 25.4. The van der Waals surface area contributed by atoms with Crippen molar-refractivity contribution < 1.29 is 13.2 Å². The average molecular weight is 375 g/mol. The van der Waals surface area contributed by atoms with Gasteiger partial charge in [0.05, 0.1) is 12.7 Å². The van der Waals surface area contributed by atoms with Crippen LogP contribution in [0, 0.1) is 13.8 Å². The summed E-state index contributed by atoms with van der Waals surface area (Å²) in [7, 11) is -3.36. The van der Waals surface area contributed by atoms with Crippen molar-refractivity contribution in [2.45, 2.75) is 26.8 Å². The summed E-state index contributed by atoms with van der Waals surface area (Å²) in [6, 6.07) is 15.5. The first-order chi connectivity index (χ1) is 12.2. The molecule has 0 fully saturated rings. The lowest BCUT2D eigenvalue weighted by atomic mass is 10.1. The van der Waals surface area contributed by atoms with E-state index in [0.29, 0.717) is 6.54 Å². The lowest BCUT2D eigenvalue weighted by molar-refractivity contribution is -0.120. The minimum absolute atomic E-state index is 0.113. The highest BCUT2D eigenvalue weighted by Crippen LogP contribution is 2.10. The van der Waals surface area contributed by atoms with E-state index in [1.165, 1.54) is 10.6 Å². The number of rotatable bonds is 8. The topological polar surface area (TPSA) is 66.5 Å². The Balaban J connectivity index is 1.89. The van der Waals surface area contributed by atoms with Crippen molar-refractivity contribution in [1.82, 2.24) is 9.62 Å². The number of sulfonamides is 1. The van der Waals surface area contributed by atoms with E-state index >= 15 is 0 Å². The molecule has 0 saturated heterocycles. The highest BCUT2D eigenvalue weighted by molar-refractivity contribution is 7.88. The van der Waals surface area contributed by atoms with Gasteiger partial charge in [0.2, 0.25) is 15.9 Å². The van der Waals surface area contributed by atoms with Gasteiger partial charge in [0.25, 0.3) is 0 Å². The van der Waals surface area contributed by atoms with E-state index in [2.05, 4.69) is 5.32 Å². The van der Waals surface area contributed by atoms with E-state index in [1.54, 1.807) is 0 Å². The van der Waals surface area contributed by atoms with Gasteiger partial charge in [-0.05, 0) is 25.0 Å². The Morgan fingerprint density at radius 2 is 1.69 bits per heavy atom. The molecule has 6 heteroatoms. The molecule has 0 heterocycles. The highest BCUT2D eigenvalue weighted by atomic mass is 32.2. The van der Waals surface area contributed by atoms with Gasteiger partial charge >= 0.3 is 0 Å². The van der Waals surface area contributed by atoms with Crippen LogP contribution >= 0.6 is 0 Å². The van der Waals surface area contributed by atoms with Crippen LogP contribution in [0.2, 0.25) is 0 Å². The summed E-state index contributed by atoms with van der Waals surface area (Å²) >= 11 is 0. The molecule has 5 nitrogen and oxygen atoms in total. The van der Waals surface area contributed by atoms with Crippen molar-refractivity contribution in [3.05, 3.63) is 70.8 Å². The second kappa shape index (κ2) is 8.96. The first-order valence-corrected chi connectivity index (χ1v) is 10.4. The van der Waals surface area contributed by atoms with Crippen molar-refractivity contribution >= 4 is 15.9 Å². The predicted molar refractivity (Wildman–Crippen MR) is 104 cm³/mol. The number of carbonyl (C=O) groups is 1. The van der Waals surface area contributed by atoms with E-state index in [-0.39, 0.29) is 25.4 Å². The zero-order valence-corrected chi connectivity index (χ0v) is 16.3. The molecule has 0 atom stereocenters. The summed E-state index contributed by atoms with van der Waals surface area (Å²) in [5.74, 6) is -0.113. The minimum atomic E-state index is -3.36. The van der Waals surface area contributed by atoms with Gasteiger partial charge in [0, 0.05) is 19.6 Å². The van der Waals surface area contributed by atoms with Crippen molar-refractivity contribution in [2.24, 2.45) is 0 Å². The summed E-state index contributed by atoms with van der Waals surface area (Å²) in [5.41, 5.74) is 4.10. The average Bonchev–Trinajstić information content (AvgIpc) is 2.55. The molecular weight excluding hydrogens is 348 g/mol. The van der Waals surface area contributed by atoms with Crippen molar-refractivity contribution in [3.63, 3.8) is 0 Å². The number of amides is 1. The monoisotopic (exact) mass is 374 g/mol. The minimum Gasteiger partial charge on any atom is -0.354 e. The Bertz CT molecular complexity index is 846. The Morgan fingerprint density at radius 1 is 1.00 bits per heavy atom. The molecule has 2 rings (SSSR count). The standard InChI is InChI=1S/C20H26N2O3S/c1-16-7-9-18(10-8-16)14-20(23)21-11-12-22(26(3,24)25)15-19-6-4-5-17(2)13-19/h4-10,13H,11-12,14-15H2,1-3H3,(H,21,23). The molecule has 0 aliphatic rings. The van der Waals surface area contributed by atoms with Crippen molar-refractivity contribution in [3.8, 4) is 0 Å². The van der Waals surface area contributed by atoms with Gasteiger partial charge in [-0.3, -0.25) is 4.79 Å². The SMILES string of the molecule is Cc1ccc(CC(=O)NCCN(Cc2cccc(C)c2)S(C)(=O)=O)cc1. The van der Waals surface area contributed by atoms with Crippen molar-refractivity contribution in [1.29, 1.82) is 0 Å². The second-order valence-corrected chi connectivity index (χ2v) is 8.58. The number of hydrogen-bond acceptors (Lipinski definition) is 3. The van der Waals surface area contributed by atoms with E-state index < -0.39 is 10.0 Å². The molecule has 0 aliphatic carbocycles. The van der Waals surface area contributed by atoms with Crippen LogP contribution in [-0.4, -0.2) is 38.0 Å². The van der Waals surface area contributed by atoms with Gasteiger partial charge in [-0.2, -0.15) is 4.31 Å². The first-order valence-electron chi connectivity index (χ1n) is 8.57. The maximum absolute atomic E-state index is 12.1. The Hall–Kier alpha value is -2.18. The Kier molecular flexibility index (Phi) is 6.94. The van der Waals surface area contributed by atoms with Crippen LogP contribution < -0.4 is 5.32 Å². The number of aryl methyl sites for hydroxylation is 2. The molecule has 0 spiro atoms. The maximum Gasteiger partial charge on any atom is 0.224 e. The van der Waals surface area contributed by atoms with Crippen LogP contribution in [-0.2, 0) is 27.8 Å². The molecule has 2 aromatic carbocycles. The molecule has 140 valence electrons. The van der Waals surface area contributed by atoms with E-state index in [0.717, 1.165) is 22.3 Å². The quantitative estimate of drug-likeness (QED) is 0.772. The fourth-order valence-electron chi connectivity index (χ4n) is 2.65. The predicted octanol–water partition coefficient (Wildman–Crippen LogP) is 2.42. The fraction of sp³-hybridized carbons (Fsp3) is 0.350. The summed E-state index contributed by atoms with van der Waals surface area (Å²) in [5, 5.41) is 2.80. The molecule has 0 aliphatic heterocycles. The highest BCUT2D eigenvalue weighted by Gasteiger charge is 2.17. The first kappa shape index (κ1) is 20.1. The zero-order chi connectivity index (χ0) is 19.2. The second-order valence-electron chi connectivity index (χ2n) is 6.60. The lowest BCUT2D eigenvalue weighted by Gasteiger charge is -2.20. The van der Waals surface area contributed by atoms with Gasteiger partial charge in [0.1, 0.15) is 0 Å². The number of benzene rings is 2. The summed E-state index contributed by atoms with van der Waals surface area (Å²) in [6.45, 7) is 4.79. The van der Waals surface area contributed by atoms with Gasteiger partial charge < -0.3 is 5.32 Å². The molecule has 26 heavy (non-hydrogen) atoms. The maximum atomic E-state index is 12.1. The van der Waals surface area contributed by atoms with E-state index in [9.17, 15) is 13.2 Å². The van der Waals surface area contributed by atoms with E-state index in [1.807, 2.05) is 62.4 Å². The molecule has 1 amide bonds. The van der Waals surface area contributed by atoms with Gasteiger partial charge in [-0.1, -0.05) is 59.7 Å². The van der Waals surface area contributed by atoms with Crippen LogP contribution in [0.4, 0.5) is 0 Å². The molecule has 0 bridgehead atoms. The smallest absolute Gasteiger partial charge is 0.224 e. The van der Waals surface area contributed by atoms with Crippen LogP contribution in [0.25, 0.3) is 0 Å². The number of carbonyl (C=O) groups excluding carboxylic acids is 1. The molecular formula is C20H26N2O3S. The van der Waals surface area contributed by atoms with Crippen LogP contribution in [0.5, 0.6) is 0 Å². The number of hydrogen-bond donors (Lipinski definition) is 1. The third kappa shape index (κ3) is 6.61. The molecule has 1 N–H and O–H groups in total. The van der Waals surface area contributed by atoms with E-state index in [4.69, 9.17) is 0 Å². The normalized spacial score (nSPS) is 11.5. The summed E-state index contributed by atoms with van der Waals surface area (Å²) in [4.78, 5) is 12.1. The van der Waals surface area contributed by atoms with Gasteiger partial charge in [0.15, 0.2) is 0 Å². The third-order valence-corrected chi connectivity index (χ3v) is 5.33. The van der Waals surface area contributed by atoms with Crippen LogP contribution in [0.15, 0.2) is 48.5 Å². The molecule has 0 saturated carbocycles. The summed E-state index contributed by atoms with van der Waals surface area (Å²) in [6.07, 6.45) is 1.48.